The van der Waals surface area contributed by atoms with Crippen molar-refractivity contribution in [2.75, 3.05) is 0 Å². The number of hydrogen-bond acceptors (Lipinski definition) is 4. The van der Waals surface area contributed by atoms with Gasteiger partial charge in [-0.05, 0) is 12.1 Å². The maximum absolute atomic E-state index is 10.3. The Balaban J connectivity index is 2.29. The van der Waals surface area contributed by atoms with Gasteiger partial charge in [0, 0.05) is 16.7 Å². The fraction of sp³-hybridized carbons (Fsp3) is 0.125. The van der Waals surface area contributed by atoms with Crippen molar-refractivity contribution in [1.82, 2.24) is 9.88 Å². The molecule has 74 valence electrons. The minimum Gasteiger partial charge on any atom is -0.760 e. The zero-order valence-corrected chi connectivity index (χ0v) is 7.91. The first-order valence-electron chi connectivity index (χ1n) is 3.93. The third-order valence-electron chi connectivity index (χ3n) is 1.81. The van der Waals surface area contributed by atoms with Gasteiger partial charge in [0.05, 0.1) is 6.54 Å². The van der Waals surface area contributed by atoms with Crippen molar-refractivity contribution >= 4 is 22.2 Å². The van der Waals surface area contributed by atoms with Gasteiger partial charge in [0.15, 0.2) is 5.58 Å². The van der Waals surface area contributed by atoms with Crippen LogP contribution in [0.25, 0.3) is 11.0 Å². The molecule has 1 N–H and O–H groups in total. The number of rotatable bonds is 3. The minimum absolute atomic E-state index is 0.146. The number of hydrogen-bond donors (Lipinski definition) is 1. The van der Waals surface area contributed by atoms with E-state index in [9.17, 15) is 8.76 Å². The van der Waals surface area contributed by atoms with Crippen LogP contribution in [0.3, 0.4) is 0 Å². The SMILES string of the molecule is O=S([O-])NCc1noc2ccccc12. The lowest BCUT2D eigenvalue weighted by Gasteiger charge is -2.03. The third kappa shape index (κ3) is 1.82. The molecule has 2 aromatic rings. The Morgan fingerprint density at radius 2 is 2.29 bits per heavy atom. The van der Waals surface area contributed by atoms with Crippen molar-refractivity contribution in [3.63, 3.8) is 0 Å². The lowest BCUT2D eigenvalue weighted by atomic mass is 10.2. The van der Waals surface area contributed by atoms with E-state index >= 15 is 0 Å². The van der Waals surface area contributed by atoms with Crippen LogP contribution in [-0.4, -0.2) is 13.9 Å². The Hall–Kier alpha value is -1.24. The molecule has 0 spiro atoms. The summed E-state index contributed by atoms with van der Waals surface area (Å²) in [5.74, 6) is 0. The number of para-hydroxylation sites is 1. The maximum atomic E-state index is 10.3. The maximum Gasteiger partial charge on any atom is 0.167 e. The van der Waals surface area contributed by atoms with Crippen LogP contribution in [-0.2, 0) is 17.8 Å². The van der Waals surface area contributed by atoms with Gasteiger partial charge < -0.3 is 9.08 Å². The van der Waals surface area contributed by atoms with E-state index < -0.39 is 11.3 Å². The second-order valence-corrected chi connectivity index (χ2v) is 3.44. The van der Waals surface area contributed by atoms with E-state index in [1.54, 1.807) is 6.07 Å². The van der Waals surface area contributed by atoms with Crippen LogP contribution in [0.1, 0.15) is 5.69 Å². The van der Waals surface area contributed by atoms with Gasteiger partial charge in [0.1, 0.15) is 5.69 Å². The standard InChI is InChI=1S/C8H8N2O3S/c11-14(12)9-5-7-6-3-1-2-4-8(6)13-10-7/h1-4,9H,5H2,(H,11,12)/p-1. The zero-order chi connectivity index (χ0) is 9.97. The summed E-state index contributed by atoms with van der Waals surface area (Å²) in [4.78, 5) is 0. The molecule has 1 heterocycles. The zero-order valence-electron chi connectivity index (χ0n) is 7.10. The summed E-state index contributed by atoms with van der Waals surface area (Å²) in [7, 11) is 0. The Bertz CT molecular complexity index is 468. The first-order valence-corrected chi connectivity index (χ1v) is 5.01. The quantitative estimate of drug-likeness (QED) is 0.758. The molecular formula is C8H7N2O3S-. The smallest absolute Gasteiger partial charge is 0.167 e. The molecule has 0 aliphatic heterocycles. The van der Waals surface area contributed by atoms with E-state index in [1.807, 2.05) is 18.2 Å². The first kappa shape index (κ1) is 9.32. The third-order valence-corrected chi connectivity index (χ3v) is 2.19. The summed E-state index contributed by atoms with van der Waals surface area (Å²) in [5, 5.41) is 4.58. The molecule has 5 nitrogen and oxygen atoms in total. The Labute approximate surface area is 82.5 Å². The summed E-state index contributed by atoms with van der Waals surface area (Å²) in [6, 6.07) is 7.28. The fourth-order valence-electron chi connectivity index (χ4n) is 1.19. The lowest BCUT2D eigenvalue weighted by Crippen LogP contribution is -2.15. The van der Waals surface area contributed by atoms with Crippen LogP contribution in [0.5, 0.6) is 0 Å². The van der Waals surface area contributed by atoms with Gasteiger partial charge in [0.25, 0.3) is 0 Å². The highest BCUT2D eigenvalue weighted by atomic mass is 32.2. The van der Waals surface area contributed by atoms with Crippen molar-refractivity contribution in [2.45, 2.75) is 6.54 Å². The number of fused-ring (bicyclic) bond motifs is 1. The first-order chi connectivity index (χ1) is 6.77. The summed E-state index contributed by atoms with van der Waals surface area (Å²) in [6.45, 7) is 0.146. The molecule has 2 rings (SSSR count). The highest BCUT2D eigenvalue weighted by molar-refractivity contribution is 7.77. The van der Waals surface area contributed by atoms with Crippen molar-refractivity contribution in [1.29, 1.82) is 0 Å². The van der Waals surface area contributed by atoms with E-state index in [1.165, 1.54) is 0 Å². The molecular weight excluding hydrogens is 204 g/mol. The Morgan fingerprint density at radius 1 is 1.50 bits per heavy atom. The molecule has 1 atom stereocenters. The van der Waals surface area contributed by atoms with Crippen molar-refractivity contribution < 1.29 is 13.3 Å². The normalized spacial score (nSPS) is 13.2. The van der Waals surface area contributed by atoms with E-state index in [0.717, 1.165) is 5.39 Å². The van der Waals surface area contributed by atoms with Gasteiger partial charge >= 0.3 is 0 Å². The van der Waals surface area contributed by atoms with E-state index in [0.29, 0.717) is 11.3 Å². The van der Waals surface area contributed by atoms with Crippen LogP contribution in [0.15, 0.2) is 28.8 Å². The predicted octanol–water partition coefficient (Wildman–Crippen LogP) is 0.711. The van der Waals surface area contributed by atoms with Crippen molar-refractivity contribution in [3.8, 4) is 0 Å². The topological polar surface area (TPSA) is 78.2 Å². The summed E-state index contributed by atoms with van der Waals surface area (Å²) < 4.78 is 27.7. The van der Waals surface area contributed by atoms with Gasteiger partial charge in [-0.15, -0.1) is 0 Å². The molecule has 0 radical (unpaired) electrons. The number of benzene rings is 1. The van der Waals surface area contributed by atoms with Gasteiger partial charge in [0.2, 0.25) is 0 Å². The molecule has 14 heavy (non-hydrogen) atoms. The molecule has 6 heteroatoms. The summed E-state index contributed by atoms with van der Waals surface area (Å²) in [5.41, 5.74) is 1.24. The lowest BCUT2D eigenvalue weighted by molar-refractivity contribution is 0.444. The van der Waals surface area contributed by atoms with Gasteiger partial charge in [-0.1, -0.05) is 17.3 Å². The molecule has 0 saturated heterocycles. The predicted molar refractivity (Wildman–Crippen MR) is 49.8 cm³/mol. The van der Waals surface area contributed by atoms with Crippen LogP contribution in [0.2, 0.25) is 0 Å². The highest BCUT2D eigenvalue weighted by Crippen LogP contribution is 2.17. The van der Waals surface area contributed by atoms with E-state index in [2.05, 4.69) is 9.88 Å². The molecule has 0 fully saturated rings. The fourth-order valence-corrected chi connectivity index (χ4v) is 1.45. The van der Waals surface area contributed by atoms with Crippen LogP contribution >= 0.6 is 0 Å². The second kappa shape index (κ2) is 3.87. The summed E-state index contributed by atoms with van der Waals surface area (Å²) in [6.07, 6.45) is 0. The number of nitrogens with one attached hydrogen (secondary N) is 1. The average Bonchev–Trinajstić information content (AvgIpc) is 2.58. The van der Waals surface area contributed by atoms with E-state index in [4.69, 9.17) is 4.52 Å². The molecule has 1 unspecified atom stereocenters. The van der Waals surface area contributed by atoms with E-state index in [-0.39, 0.29) is 6.54 Å². The second-order valence-electron chi connectivity index (χ2n) is 2.68. The van der Waals surface area contributed by atoms with Crippen LogP contribution < -0.4 is 4.72 Å². The summed E-state index contributed by atoms with van der Waals surface area (Å²) >= 11 is -2.27. The Kier molecular flexibility index (Phi) is 2.58. The molecule has 0 aliphatic carbocycles. The van der Waals surface area contributed by atoms with Gasteiger partial charge in [-0.2, -0.15) is 0 Å². The largest absolute Gasteiger partial charge is 0.760 e. The number of aromatic nitrogens is 1. The monoisotopic (exact) mass is 211 g/mol. The molecule has 0 amide bonds. The molecule has 1 aromatic heterocycles. The number of nitrogens with zero attached hydrogens (tertiary/aromatic N) is 1. The van der Waals surface area contributed by atoms with Crippen LogP contribution in [0, 0.1) is 0 Å². The molecule has 1 aromatic carbocycles. The Morgan fingerprint density at radius 3 is 3.07 bits per heavy atom. The van der Waals surface area contributed by atoms with Crippen molar-refractivity contribution in [2.24, 2.45) is 0 Å². The average molecular weight is 211 g/mol. The van der Waals surface area contributed by atoms with Crippen molar-refractivity contribution in [3.05, 3.63) is 30.0 Å². The molecule has 0 saturated carbocycles. The minimum atomic E-state index is -2.27. The van der Waals surface area contributed by atoms with Crippen LogP contribution in [0.4, 0.5) is 0 Å². The van der Waals surface area contributed by atoms with Gasteiger partial charge in [-0.3, -0.25) is 4.21 Å². The highest BCUT2D eigenvalue weighted by Gasteiger charge is 2.05. The molecule has 0 bridgehead atoms. The molecule has 0 aliphatic rings. The van der Waals surface area contributed by atoms with Gasteiger partial charge in [-0.25, -0.2) is 4.72 Å².